The molecule has 0 aliphatic carbocycles. The van der Waals surface area contributed by atoms with Crippen molar-refractivity contribution < 1.29 is 31.1 Å². The number of pyridine rings is 1. The van der Waals surface area contributed by atoms with E-state index in [-0.39, 0.29) is 12.1 Å². The number of carbonyl (C=O) groups excluding carboxylic acids is 1. The number of hydrogen-bond donors (Lipinski definition) is 2. The number of carbonyl (C=O) groups is 1. The Morgan fingerprint density at radius 1 is 1.09 bits per heavy atom. The minimum atomic E-state index is -4.78. The van der Waals surface area contributed by atoms with Gasteiger partial charge in [-0.15, -0.1) is 0 Å². The van der Waals surface area contributed by atoms with Gasteiger partial charge in [-0.2, -0.15) is 13.2 Å². The summed E-state index contributed by atoms with van der Waals surface area (Å²) >= 11 is 11.5. The highest BCUT2D eigenvalue weighted by molar-refractivity contribution is 7.89. The predicted molar refractivity (Wildman–Crippen MR) is 116 cm³/mol. The third-order valence-electron chi connectivity index (χ3n) is 4.19. The lowest BCUT2D eigenvalue weighted by Gasteiger charge is -2.14. The van der Waals surface area contributed by atoms with Gasteiger partial charge in [0.15, 0.2) is 0 Å². The van der Waals surface area contributed by atoms with Crippen molar-refractivity contribution in [2.45, 2.75) is 17.5 Å². The van der Waals surface area contributed by atoms with Crippen LogP contribution in [0.1, 0.15) is 11.1 Å². The minimum Gasteiger partial charge on any atom is -0.438 e. The largest absolute Gasteiger partial charge is 0.438 e. The number of benzene rings is 2. The van der Waals surface area contributed by atoms with Gasteiger partial charge in [0.1, 0.15) is 10.6 Å². The summed E-state index contributed by atoms with van der Waals surface area (Å²) < 4.78 is 68.5. The molecule has 1 heterocycles. The average molecular weight is 520 g/mol. The molecule has 7 nitrogen and oxygen atoms in total. The van der Waals surface area contributed by atoms with E-state index in [1.807, 2.05) is 0 Å². The Hall–Kier alpha value is -2.86. The molecule has 0 atom stereocenters. The van der Waals surface area contributed by atoms with E-state index in [4.69, 9.17) is 33.1 Å². The summed E-state index contributed by atoms with van der Waals surface area (Å²) in [5.74, 6) is -1.46. The lowest BCUT2D eigenvalue weighted by molar-refractivity contribution is -0.137. The fourth-order valence-corrected chi connectivity index (χ4v) is 3.81. The number of aromatic nitrogens is 1. The SMILES string of the molecule is NS(=O)(=O)c1cc(NC(=O)Cc2ccccc2Cl)ccc1Oc1cc(C(F)(F)F)c(Cl)cn1. The Morgan fingerprint density at radius 2 is 1.79 bits per heavy atom. The van der Waals surface area contributed by atoms with Crippen molar-refractivity contribution in [1.82, 2.24) is 4.98 Å². The molecule has 0 bridgehead atoms. The van der Waals surface area contributed by atoms with Crippen LogP contribution in [-0.2, 0) is 27.4 Å². The van der Waals surface area contributed by atoms with Crippen molar-refractivity contribution in [1.29, 1.82) is 0 Å². The monoisotopic (exact) mass is 519 g/mol. The van der Waals surface area contributed by atoms with Gasteiger partial charge < -0.3 is 10.1 Å². The molecule has 0 aliphatic rings. The molecule has 0 spiro atoms. The lowest BCUT2D eigenvalue weighted by atomic mass is 10.1. The molecule has 0 aliphatic heterocycles. The Kier molecular flexibility index (Phi) is 7.17. The highest BCUT2D eigenvalue weighted by Gasteiger charge is 2.34. The summed E-state index contributed by atoms with van der Waals surface area (Å²) in [7, 11) is -4.40. The van der Waals surface area contributed by atoms with Crippen LogP contribution in [0.25, 0.3) is 0 Å². The molecule has 3 rings (SSSR count). The van der Waals surface area contributed by atoms with Gasteiger partial charge in [0, 0.05) is 16.8 Å². The number of nitrogens with zero attached hydrogens (tertiary/aromatic N) is 1. The highest BCUT2D eigenvalue weighted by Crippen LogP contribution is 2.37. The summed E-state index contributed by atoms with van der Waals surface area (Å²) in [5, 5.41) is 7.45. The van der Waals surface area contributed by atoms with E-state index < -0.39 is 49.2 Å². The van der Waals surface area contributed by atoms with Gasteiger partial charge in [-0.05, 0) is 29.8 Å². The summed E-state index contributed by atoms with van der Waals surface area (Å²) in [6.45, 7) is 0. The number of halogens is 5. The molecule has 2 aromatic carbocycles. The first-order valence-electron chi connectivity index (χ1n) is 8.95. The third kappa shape index (κ3) is 6.35. The van der Waals surface area contributed by atoms with Crippen LogP contribution in [0.4, 0.5) is 18.9 Å². The normalized spacial score (nSPS) is 11.8. The van der Waals surface area contributed by atoms with E-state index in [1.165, 1.54) is 6.07 Å². The Labute approximate surface area is 196 Å². The van der Waals surface area contributed by atoms with Crippen LogP contribution in [0.15, 0.2) is 59.6 Å². The molecule has 1 aromatic heterocycles. The number of sulfonamides is 1. The van der Waals surface area contributed by atoms with Crippen LogP contribution in [0.5, 0.6) is 11.6 Å². The highest BCUT2D eigenvalue weighted by atomic mass is 35.5. The maximum atomic E-state index is 13.1. The van der Waals surface area contributed by atoms with E-state index in [0.717, 1.165) is 18.3 Å². The molecule has 0 saturated carbocycles. The van der Waals surface area contributed by atoms with Gasteiger partial charge in [-0.25, -0.2) is 18.5 Å². The van der Waals surface area contributed by atoms with Crippen LogP contribution in [-0.4, -0.2) is 19.3 Å². The molecular weight excluding hydrogens is 506 g/mol. The first kappa shape index (κ1) is 24.8. The second kappa shape index (κ2) is 9.56. The molecule has 3 aromatic rings. The first-order chi connectivity index (χ1) is 15.3. The van der Waals surface area contributed by atoms with Crippen molar-refractivity contribution in [3.63, 3.8) is 0 Å². The maximum absolute atomic E-state index is 13.1. The number of hydrogen-bond acceptors (Lipinski definition) is 5. The third-order valence-corrected chi connectivity index (χ3v) is 5.80. The second-order valence-electron chi connectivity index (χ2n) is 6.63. The molecule has 174 valence electrons. The zero-order valence-electron chi connectivity index (χ0n) is 16.4. The van der Waals surface area contributed by atoms with E-state index in [2.05, 4.69) is 10.3 Å². The number of anilines is 1. The lowest BCUT2D eigenvalue weighted by Crippen LogP contribution is -2.17. The number of rotatable bonds is 6. The number of ether oxygens (including phenoxy) is 1. The fraction of sp³-hybridized carbons (Fsp3) is 0.100. The standard InChI is InChI=1S/C20H14Cl2F3N3O4S/c21-14-4-2-1-3-11(14)7-18(29)28-12-5-6-16(17(8-12)33(26,30)31)32-19-9-13(20(23,24)25)15(22)10-27-19/h1-6,8-10H,7H2,(H,28,29)(H2,26,30,31). The Bertz CT molecular complexity index is 1320. The number of alkyl halides is 3. The van der Waals surface area contributed by atoms with Gasteiger partial charge in [0.2, 0.25) is 21.8 Å². The molecule has 3 N–H and O–H groups in total. The van der Waals surface area contributed by atoms with E-state index in [9.17, 15) is 26.4 Å². The first-order valence-corrected chi connectivity index (χ1v) is 11.3. The van der Waals surface area contributed by atoms with E-state index in [1.54, 1.807) is 24.3 Å². The Morgan fingerprint density at radius 3 is 2.42 bits per heavy atom. The molecule has 1 amide bonds. The van der Waals surface area contributed by atoms with Crippen LogP contribution >= 0.6 is 23.2 Å². The zero-order chi connectivity index (χ0) is 24.4. The average Bonchev–Trinajstić information content (AvgIpc) is 2.70. The van der Waals surface area contributed by atoms with Crippen LogP contribution in [0, 0.1) is 0 Å². The van der Waals surface area contributed by atoms with Gasteiger partial charge in [-0.1, -0.05) is 41.4 Å². The molecule has 0 saturated heterocycles. The molecular formula is C20H14Cl2F3N3O4S. The van der Waals surface area contributed by atoms with Crippen molar-refractivity contribution in [2.75, 3.05) is 5.32 Å². The number of amides is 1. The molecule has 0 unspecified atom stereocenters. The molecule has 0 fully saturated rings. The molecule has 0 radical (unpaired) electrons. The van der Waals surface area contributed by atoms with Crippen molar-refractivity contribution in [3.8, 4) is 11.6 Å². The van der Waals surface area contributed by atoms with Crippen LogP contribution in [0.3, 0.4) is 0 Å². The predicted octanol–water partition coefficient (Wildman–Crippen LogP) is 5.03. The van der Waals surface area contributed by atoms with Crippen LogP contribution in [0.2, 0.25) is 10.0 Å². The Balaban J connectivity index is 1.88. The van der Waals surface area contributed by atoms with Crippen molar-refractivity contribution in [3.05, 3.63) is 75.9 Å². The van der Waals surface area contributed by atoms with E-state index in [0.29, 0.717) is 16.7 Å². The quantitative estimate of drug-likeness (QED) is 0.474. The maximum Gasteiger partial charge on any atom is 0.418 e. The number of nitrogens with one attached hydrogen (secondary N) is 1. The summed E-state index contributed by atoms with van der Waals surface area (Å²) in [6.07, 6.45) is -4.14. The van der Waals surface area contributed by atoms with Gasteiger partial charge >= 0.3 is 6.18 Å². The minimum absolute atomic E-state index is 0.0588. The topological polar surface area (TPSA) is 111 Å². The summed E-state index contributed by atoms with van der Waals surface area (Å²) in [4.78, 5) is 15.4. The van der Waals surface area contributed by atoms with Gasteiger partial charge in [0.05, 0.1) is 23.2 Å². The van der Waals surface area contributed by atoms with Gasteiger partial charge in [-0.3, -0.25) is 4.79 Å². The molecule has 33 heavy (non-hydrogen) atoms. The fourth-order valence-electron chi connectivity index (χ4n) is 2.72. The number of primary sulfonamides is 1. The summed E-state index contributed by atoms with van der Waals surface area (Å²) in [5.41, 5.74) is -0.601. The smallest absolute Gasteiger partial charge is 0.418 e. The number of nitrogens with two attached hydrogens (primary N) is 1. The van der Waals surface area contributed by atoms with Crippen molar-refractivity contribution in [2.24, 2.45) is 5.14 Å². The second-order valence-corrected chi connectivity index (χ2v) is 8.97. The van der Waals surface area contributed by atoms with Crippen LogP contribution < -0.4 is 15.2 Å². The van der Waals surface area contributed by atoms with Gasteiger partial charge in [0.25, 0.3) is 0 Å². The summed E-state index contributed by atoms with van der Waals surface area (Å²) in [6, 6.07) is 10.6. The molecule has 13 heteroatoms. The van der Waals surface area contributed by atoms with Crippen molar-refractivity contribution >= 4 is 44.8 Å². The van der Waals surface area contributed by atoms with E-state index >= 15 is 0 Å². The zero-order valence-corrected chi connectivity index (χ0v) is 18.7.